The van der Waals surface area contributed by atoms with Crippen LogP contribution >= 0.6 is 0 Å². The van der Waals surface area contributed by atoms with Crippen molar-refractivity contribution in [2.75, 3.05) is 20.2 Å². The van der Waals surface area contributed by atoms with Crippen LogP contribution in [0.5, 0.6) is 0 Å². The summed E-state index contributed by atoms with van der Waals surface area (Å²) >= 11 is 0. The molecule has 0 radical (unpaired) electrons. The number of rotatable bonds is 3. The van der Waals surface area contributed by atoms with Crippen molar-refractivity contribution in [1.82, 2.24) is 29.3 Å². The highest BCUT2D eigenvalue weighted by Gasteiger charge is 2.38. The highest BCUT2D eigenvalue weighted by atomic mass is 16.5. The molecule has 1 fully saturated rings. The highest BCUT2D eigenvalue weighted by molar-refractivity contribution is 5.93. The molecule has 1 saturated heterocycles. The van der Waals surface area contributed by atoms with Gasteiger partial charge in [0.15, 0.2) is 0 Å². The van der Waals surface area contributed by atoms with E-state index in [0.717, 1.165) is 11.3 Å². The van der Waals surface area contributed by atoms with Gasteiger partial charge in [-0.1, -0.05) is 11.3 Å². The third-order valence-electron chi connectivity index (χ3n) is 4.44. The Hall–Kier alpha value is -2.74. The summed E-state index contributed by atoms with van der Waals surface area (Å²) in [6, 6.07) is 5.68. The SMILES string of the molecule is CO[C@@H]1CN(C(=O)c2cn3ccccc3n2)C[C@H]1c1cn(C)nn1. The highest BCUT2D eigenvalue weighted by Crippen LogP contribution is 2.29. The van der Waals surface area contributed by atoms with Crippen LogP contribution in [-0.4, -0.2) is 61.5 Å². The van der Waals surface area contributed by atoms with Gasteiger partial charge in [0.1, 0.15) is 11.3 Å². The molecule has 124 valence electrons. The fourth-order valence-electron chi connectivity index (χ4n) is 3.20. The molecule has 8 nitrogen and oxygen atoms in total. The number of hydrogen-bond acceptors (Lipinski definition) is 5. The van der Waals surface area contributed by atoms with Gasteiger partial charge in [0.25, 0.3) is 5.91 Å². The number of methoxy groups -OCH3 is 1. The molecule has 0 spiro atoms. The Labute approximate surface area is 138 Å². The largest absolute Gasteiger partial charge is 0.379 e. The number of carbonyl (C=O) groups is 1. The molecule has 0 N–H and O–H groups in total. The van der Waals surface area contributed by atoms with E-state index in [1.54, 1.807) is 22.9 Å². The molecule has 0 aliphatic carbocycles. The summed E-state index contributed by atoms with van der Waals surface area (Å²) in [4.78, 5) is 19.0. The van der Waals surface area contributed by atoms with Crippen LogP contribution in [-0.2, 0) is 11.8 Å². The lowest BCUT2D eigenvalue weighted by atomic mass is 10.0. The Bertz CT molecular complexity index is 852. The summed E-state index contributed by atoms with van der Waals surface area (Å²) in [6.07, 6.45) is 5.41. The summed E-state index contributed by atoms with van der Waals surface area (Å²) in [5, 5.41) is 8.15. The van der Waals surface area contributed by atoms with E-state index in [1.807, 2.05) is 42.0 Å². The second-order valence-corrected chi connectivity index (χ2v) is 6.00. The van der Waals surface area contributed by atoms with Crippen molar-refractivity contribution in [3.63, 3.8) is 0 Å². The van der Waals surface area contributed by atoms with E-state index in [0.29, 0.717) is 18.8 Å². The second-order valence-electron chi connectivity index (χ2n) is 6.00. The molecule has 4 rings (SSSR count). The van der Waals surface area contributed by atoms with Crippen molar-refractivity contribution in [3.05, 3.63) is 48.2 Å². The fourth-order valence-corrected chi connectivity index (χ4v) is 3.20. The van der Waals surface area contributed by atoms with Gasteiger partial charge < -0.3 is 14.0 Å². The van der Waals surface area contributed by atoms with E-state index in [2.05, 4.69) is 15.3 Å². The topological polar surface area (TPSA) is 77.5 Å². The molecule has 0 unspecified atom stereocenters. The quantitative estimate of drug-likeness (QED) is 0.709. The molecular weight excluding hydrogens is 308 g/mol. The minimum Gasteiger partial charge on any atom is -0.379 e. The first-order valence-electron chi connectivity index (χ1n) is 7.77. The standard InChI is InChI=1S/C16H18N6O2/c1-20-8-12(18-19-20)11-7-22(10-14(11)24-2)16(23)13-9-21-6-4-3-5-15(21)17-13/h3-6,8-9,11,14H,7,10H2,1-2H3/t11-,14+/m0/s1. The van der Waals surface area contributed by atoms with Gasteiger partial charge in [0.05, 0.1) is 17.7 Å². The van der Waals surface area contributed by atoms with Gasteiger partial charge in [-0.2, -0.15) is 0 Å². The van der Waals surface area contributed by atoms with E-state index >= 15 is 0 Å². The number of amides is 1. The van der Waals surface area contributed by atoms with Crippen LogP contribution in [0.1, 0.15) is 22.1 Å². The van der Waals surface area contributed by atoms with Crippen molar-refractivity contribution in [1.29, 1.82) is 0 Å². The summed E-state index contributed by atoms with van der Waals surface area (Å²) in [5.41, 5.74) is 2.04. The van der Waals surface area contributed by atoms with E-state index in [4.69, 9.17) is 4.74 Å². The Kier molecular flexibility index (Phi) is 3.53. The van der Waals surface area contributed by atoms with Gasteiger partial charge in [0.2, 0.25) is 0 Å². The van der Waals surface area contributed by atoms with Crippen LogP contribution in [0.15, 0.2) is 36.8 Å². The van der Waals surface area contributed by atoms with Gasteiger partial charge >= 0.3 is 0 Å². The van der Waals surface area contributed by atoms with Crippen LogP contribution in [0.2, 0.25) is 0 Å². The maximum atomic E-state index is 12.8. The average Bonchev–Trinajstić information content (AvgIpc) is 3.30. The number of aryl methyl sites for hydroxylation is 1. The molecule has 3 aromatic heterocycles. The van der Waals surface area contributed by atoms with Crippen molar-refractivity contribution in [2.45, 2.75) is 12.0 Å². The third-order valence-corrected chi connectivity index (χ3v) is 4.44. The molecule has 3 aromatic rings. The second kappa shape index (κ2) is 5.72. The smallest absolute Gasteiger partial charge is 0.274 e. The predicted octanol–water partition coefficient (Wildman–Crippen LogP) is 0.717. The fraction of sp³-hybridized carbons (Fsp3) is 0.375. The number of hydrogen-bond donors (Lipinski definition) is 0. The molecule has 1 amide bonds. The number of nitrogens with zero attached hydrogens (tertiary/aromatic N) is 6. The van der Waals surface area contributed by atoms with Crippen LogP contribution in [0, 0.1) is 0 Å². The molecule has 24 heavy (non-hydrogen) atoms. The van der Waals surface area contributed by atoms with Gasteiger partial charge in [-0.25, -0.2) is 4.98 Å². The predicted molar refractivity (Wildman–Crippen MR) is 85.6 cm³/mol. The first-order chi connectivity index (χ1) is 11.7. The zero-order chi connectivity index (χ0) is 16.7. The molecule has 1 aliphatic heterocycles. The number of pyridine rings is 1. The molecule has 0 bridgehead atoms. The third kappa shape index (κ3) is 2.44. The van der Waals surface area contributed by atoms with Crippen LogP contribution in [0.3, 0.4) is 0 Å². The van der Waals surface area contributed by atoms with Gasteiger partial charge in [-0.3, -0.25) is 9.48 Å². The molecule has 2 atom stereocenters. The number of aromatic nitrogens is 5. The zero-order valence-corrected chi connectivity index (χ0v) is 13.5. The van der Waals surface area contributed by atoms with Crippen LogP contribution in [0.4, 0.5) is 0 Å². The minimum absolute atomic E-state index is 0.0182. The lowest BCUT2D eigenvalue weighted by molar-refractivity contribution is 0.0710. The Morgan fingerprint density at radius 3 is 2.88 bits per heavy atom. The average molecular weight is 326 g/mol. The number of imidazole rings is 1. The molecule has 1 aliphatic rings. The van der Waals surface area contributed by atoms with Gasteiger partial charge in [-0.05, 0) is 12.1 Å². The normalized spacial score (nSPS) is 20.8. The Morgan fingerprint density at radius 2 is 2.17 bits per heavy atom. The van der Waals surface area contributed by atoms with Gasteiger partial charge in [0, 0.05) is 45.8 Å². The summed E-state index contributed by atoms with van der Waals surface area (Å²) in [5.74, 6) is -0.0724. The first kappa shape index (κ1) is 14.8. The van der Waals surface area contributed by atoms with E-state index in [9.17, 15) is 4.79 Å². The van der Waals surface area contributed by atoms with E-state index in [1.165, 1.54) is 0 Å². The van der Waals surface area contributed by atoms with Crippen molar-refractivity contribution >= 4 is 11.6 Å². The van der Waals surface area contributed by atoms with Crippen molar-refractivity contribution in [2.24, 2.45) is 7.05 Å². The monoisotopic (exact) mass is 326 g/mol. The summed E-state index contributed by atoms with van der Waals surface area (Å²) in [6.45, 7) is 1.06. The number of fused-ring (bicyclic) bond motifs is 1. The summed E-state index contributed by atoms with van der Waals surface area (Å²) in [7, 11) is 3.49. The first-order valence-corrected chi connectivity index (χ1v) is 7.77. The van der Waals surface area contributed by atoms with E-state index < -0.39 is 0 Å². The maximum absolute atomic E-state index is 12.8. The van der Waals surface area contributed by atoms with Crippen LogP contribution in [0.25, 0.3) is 5.65 Å². The molecule has 8 heteroatoms. The minimum atomic E-state index is -0.0947. The zero-order valence-electron chi connectivity index (χ0n) is 13.5. The van der Waals surface area contributed by atoms with E-state index in [-0.39, 0.29) is 17.9 Å². The Balaban J connectivity index is 1.59. The van der Waals surface area contributed by atoms with Gasteiger partial charge in [-0.15, -0.1) is 5.10 Å². The maximum Gasteiger partial charge on any atom is 0.274 e. The lowest BCUT2D eigenvalue weighted by Crippen LogP contribution is -2.30. The lowest BCUT2D eigenvalue weighted by Gasteiger charge is -2.13. The molecule has 0 aromatic carbocycles. The number of ether oxygens (including phenoxy) is 1. The van der Waals surface area contributed by atoms with Crippen LogP contribution < -0.4 is 0 Å². The number of likely N-dealkylation sites (tertiary alicyclic amines) is 1. The number of carbonyl (C=O) groups excluding carboxylic acids is 1. The molecule has 0 saturated carbocycles. The van der Waals surface area contributed by atoms with Crippen molar-refractivity contribution in [3.8, 4) is 0 Å². The molecular formula is C16H18N6O2. The Morgan fingerprint density at radius 1 is 1.29 bits per heavy atom. The van der Waals surface area contributed by atoms with Crippen molar-refractivity contribution < 1.29 is 9.53 Å². The molecule has 4 heterocycles. The summed E-state index contributed by atoms with van der Waals surface area (Å²) < 4.78 is 9.07.